The fraction of sp³-hybridized carbons (Fsp3) is 0.333. The summed E-state index contributed by atoms with van der Waals surface area (Å²) in [6, 6.07) is 8.02. The maximum absolute atomic E-state index is 5.40. The third kappa shape index (κ3) is 2.90. The molecule has 1 unspecified atom stereocenters. The van der Waals surface area contributed by atoms with Gasteiger partial charge in [0.05, 0.1) is 6.61 Å². The van der Waals surface area contributed by atoms with Crippen LogP contribution in [0, 0.1) is 0 Å². The molecule has 0 heterocycles. The molecule has 1 aromatic rings. The molecule has 0 aromatic heterocycles. The number of rotatable bonds is 3. The van der Waals surface area contributed by atoms with Crippen LogP contribution in [0.1, 0.15) is 13.3 Å². The third-order valence-corrected chi connectivity index (χ3v) is 1.74. The van der Waals surface area contributed by atoms with Crippen LogP contribution in [0.25, 0.3) is 0 Å². The summed E-state index contributed by atoms with van der Waals surface area (Å²) in [6.07, 6.45) is 1.06. The average Bonchev–Trinajstić information content (AvgIpc) is 2.04. The standard InChI is InChI=1S/C9H13OP/c1-2-7-10-8-3-5-9(11)6-4-8/h3-6H,2,7,11H2,1H3. The Morgan fingerprint density at radius 2 is 1.91 bits per heavy atom. The van der Waals surface area contributed by atoms with Crippen LogP contribution < -0.4 is 10.0 Å². The lowest BCUT2D eigenvalue weighted by molar-refractivity contribution is 0.317. The van der Waals surface area contributed by atoms with Gasteiger partial charge in [0.15, 0.2) is 0 Å². The zero-order chi connectivity index (χ0) is 8.10. The van der Waals surface area contributed by atoms with Crippen LogP contribution in [0.5, 0.6) is 5.75 Å². The van der Waals surface area contributed by atoms with E-state index in [1.807, 2.05) is 24.3 Å². The minimum Gasteiger partial charge on any atom is -0.494 e. The Kier molecular flexibility index (Phi) is 3.38. The largest absolute Gasteiger partial charge is 0.494 e. The molecule has 0 fully saturated rings. The van der Waals surface area contributed by atoms with Crippen molar-refractivity contribution in [3.8, 4) is 5.75 Å². The maximum atomic E-state index is 5.40. The molecule has 1 aromatic carbocycles. The van der Waals surface area contributed by atoms with E-state index in [1.54, 1.807) is 0 Å². The van der Waals surface area contributed by atoms with Crippen LogP contribution in [-0.4, -0.2) is 6.61 Å². The molecule has 0 aliphatic heterocycles. The highest BCUT2D eigenvalue weighted by molar-refractivity contribution is 7.27. The molecule has 60 valence electrons. The maximum Gasteiger partial charge on any atom is 0.119 e. The first-order valence-corrected chi connectivity index (χ1v) is 4.39. The van der Waals surface area contributed by atoms with Gasteiger partial charge in [-0.1, -0.05) is 19.1 Å². The van der Waals surface area contributed by atoms with Gasteiger partial charge in [-0.3, -0.25) is 0 Å². The molecule has 11 heavy (non-hydrogen) atoms. The van der Waals surface area contributed by atoms with Crippen LogP contribution in [0.15, 0.2) is 24.3 Å². The van der Waals surface area contributed by atoms with Gasteiger partial charge in [0.1, 0.15) is 5.75 Å². The second kappa shape index (κ2) is 4.35. The van der Waals surface area contributed by atoms with Gasteiger partial charge < -0.3 is 4.74 Å². The van der Waals surface area contributed by atoms with Crippen LogP contribution in [0.3, 0.4) is 0 Å². The van der Waals surface area contributed by atoms with Crippen molar-refractivity contribution < 1.29 is 4.74 Å². The molecule has 0 saturated carbocycles. The van der Waals surface area contributed by atoms with Gasteiger partial charge in [-0.2, -0.15) is 0 Å². The number of hydrogen-bond donors (Lipinski definition) is 0. The zero-order valence-corrected chi connectivity index (χ0v) is 7.86. The smallest absolute Gasteiger partial charge is 0.119 e. The molecule has 1 atom stereocenters. The van der Waals surface area contributed by atoms with Gasteiger partial charge >= 0.3 is 0 Å². The SMILES string of the molecule is CCCOc1ccc(P)cc1. The van der Waals surface area contributed by atoms with Crippen LogP contribution in [0.4, 0.5) is 0 Å². The van der Waals surface area contributed by atoms with Crippen molar-refractivity contribution in [1.29, 1.82) is 0 Å². The van der Waals surface area contributed by atoms with Crippen molar-refractivity contribution >= 4 is 14.5 Å². The van der Waals surface area contributed by atoms with E-state index >= 15 is 0 Å². The van der Waals surface area contributed by atoms with Gasteiger partial charge in [-0.15, -0.1) is 9.24 Å². The van der Waals surface area contributed by atoms with E-state index < -0.39 is 0 Å². The highest BCUT2D eigenvalue weighted by Crippen LogP contribution is 2.08. The Morgan fingerprint density at radius 3 is 2.45 bits per heavy atom. The highest BCUT2D eigenvalue weighted by atomic mass is 31.0. The fourth-order valence-corrected chi connectivity index (χ4v) is 0.976. The third-order valence-electron chi connectivity index (χ3n) is 1.35. The zero-order valence-electron chi connectivity index (χ0n) is 6.71. The molecule has 0 bridgehead atoms. The number of ether oxygens (including phenoxy) is 1. The lowest BCUT2D eigenvalue weighted by Gasteiger charge is -2.03. The van der Waals surface area contributed by atoms with Crippen molar-refractivity contribution in [3.05, 3.63) is 24.3 Å². The van der Waals surface area contributed by atoms with Gasteiger partial charge in [-0.05, 0) is 23.9 Å². The number of hydrogen-bond acceptors (Lipinski definition) is 1. The minimum atomic E-state index is 0.802. The van der Waals surface area contributed by atoms with Crippen LogP contribution >= 0.6 is 9.24 Å². The van der Waals surface area contributed by atoms with Crippen molar-refractivity contribution in [2.24, 2.45) is 0 Å². The Balaban J connectivity index is 2.52. The van der Waals surface area contributed by atoms with Gasteiger partial charge in [0.25, 0.3) is 0 Å². The lowest BCUT2D eigenvalue weighted by Crippen LogP contribution is -1.96. The molecule has 0 radical (unpaired) electrons. The summed E-state index contributed by atoms with van der Waals surface area (Å²) in [6.45, 7) is 2.90. The molecule has 0 spiro atoms. The lowest BCUT2D eigenvalue weighted by atomic mass is 10.3. The monoisotopic (exact) mass is 168 g/mol. The summed E-state index contributed by atoms with van der Waals surface area (Å²) >= 11 is 0. The van der Waals surface area contributed by atoms with Crippen LogP contribution in [-0.2, 0) is 0 Å². The first-order chi connectivity index (χ1) is 5.33. The van der Waals surface area contributed by atoms with Crippen molar-refractivity contribution in [2.45, 2.75) is 13.3 Å². The molecule has 0 amide bonds. The van der Waals surface area contributed by atoms with Gasteiger partial charge in [-0.25, -0.2) is 0 Å². The Bertz CT molecular complexity index is 205. The first-order valence-electron chi connectivity index (χ1n) is 3.81. The quantitative estimate of drug-likeness (QED) is 0.627. The highest BCUT2D eigenvalue weighted by Gasteiger charge is 1.89. The Hall–Kier alpha value is -0.550. The van der Waals surface area contributed by atoms with E-state index in [1.165, 1.54) is 5.30 Å². The van der Waals surface area contributed by atoms with Crippen molar-refractivity contribution in [3.63, 3.8) is 0 Å². The van der Waals surface area contributed by atoms with E-state index in [2.05, 4.69) is 16.2 Å². The topological polar surface area (TPSA) is 9.23 Å². The van der Waals surface area contributed by atoms with Gasteiger partial charge in [0.2, 0.25) is 0 Å². The summed E-state index contributed by atoms with van der Waals surface area (Å²) in [5.74, 6) is 0.957. The summed E-state index contributed by atoms with van der Waals surface area (Å²) in [4.78, 5) is 0. The second-order valence-electron chi connectivity index (χ2n) is 2.42. The first kappa shape index (κ1) is 8.55. The molecule has 0 aliphatic rings. The Labute approximate surface area is 70.0 Å². The van der Waals surface area contributed by atoms with E-state index in [0.717, 1.165) is 18.8 Å². The number of benzene rings is 1. The summed E-state index contributed by atoms with van der Waals surface area (Å²) in [5, 5.41) is 1.19. The van der Waals surface area contributed by atoms with Crippen LogP contribution in [0.2, 0.25) is 0 Å². The molecule has 1 rings (SSSR count). The molecule has 2 heteroatoms. The molecular weight excluding hydrogens is 155 g/mol. The molecular formula is C9H13OP. The molecule has 1 nitrogen and oxygen atoms in total. The van der Waals surface area contributed by atoms with E-state index in [-0.39, 0.29) is 0 Å². The minimum absolute atomic E-state index is 0.802. The molecule has 0 aliphatic carbocycles. The normalized spacial score (nSPS) is 9.64. The predicted octanol–water partition coefficient (Wildman–Crippen LogP) is 1.98. The summed E-state index contributed by atoms with van der Waals surface area (Å²) in [7, 11) is 2.64. The summed E-state index contributed by atoms with van der Waals surface area (Å²) in [5.41, 5.74) is 0. The van der Waals surface area contributed by atoms with E-state index in [9.17, 15) is 0 Å². The Morgan fingerprint density at radius 1 is 1.27 bits per heavy atom. The predicted molar refractivity (Wildman–Crippen MR) is 51.6 cm³/mol. The van der Waals surface area contributed by atoms with Crippen molar-refractivity contribution in [2.75, 3.05) is 6.61 Å². The van der Waals surface area contributed by atoms with E-state index in [4.69, 9.17) is 4.74 Å². The molecule has 0 N–H and O–H groups in total. The average molecular weight is 168 g/mol. The fourth-order valence-electron chi connectivity index (χ4n) is 0.784. The van der Waals surface area contributed by atoms with Gasteiger partial charge in [0, 0.05) is 0 Å². The molecule has 0 saturated heterocycles. The second-order valence-corrected chi connectivity index (χ2v) is 3.08. The summed E-state index contributed by atoms with van der Waals surface area (Å²) < 4.78 is 5.40. The van der Waals surface area contributed by atoms with Crippen molar-refractivity contribution in [1.82, 2.24) is 0 Å². The van der Waals surface area contributed by atoms with E-state index in [0.29, 0.717) is 0 Å².